The summed E-state index contributed by atoms with van der Waals surface area (Å²) in [6.07, 6.45) is 2.82. The number of imidazole rings is 1. The maximum atomic E-state index is 10.2. The summed E-state index contributed by atoms with van der Waals surface area (Å²) < 4.78 is 21.5. The quantitative estimate of drug-likeness (QED) is 0.515. The zero-order valence-corrected chi connectivity index (χ0v) is 5.59. The fraction of sp³-hybridized carbons (Fsp3) is 0.250. The molecule has 1 atom stereocenters. The van der Waals surface area contributed by atoms with E-state index in [1.54, 1.807) is 6.92 Å². The summed E-state index contributed by atoms with van der Waals surface area (Å²) in [4.78, 5) is 3.71. The number of hydrogen-bond acceptors (Lipinski definition) is 3. The van der Waals surface area contributed by atoms with E-state index in [1.807, 2.05) is 0 Å². The molecule has 1 unspecified atom stereocenters. The Bertz CT molecular complexity index is 232. The summed E-state index contributed by atoms with van der Waals surface area (Å²) >= 11 is -2.21. The van der Waals surface area contributed by atoms with Crippen molar-refractivity contribution in [3.05, 3.63) is 18.2 Å². The maximum Gasteiger partial charge on any atom is 0.116 e. The lowest BCUT2D eigenvalue weighted by Gasteiger charge is -2.05. The Morgan fingerprint density at radius 2 is 2.56 bits per heavy atom. The van der Waals surface area contributed by atoms with Crippen LogP contribution >= 0.6 is 0 Å². The molecule has 0 N–H and O–H groups in total. The van der Waals surface area contributed by atoms with E-state index in [0.717, 1.165) is 3.97 Å². The second kappa shape index (κ2) is 2.28. The lowest BCUT2D eigenvalue weighted by Crippen LogP contribution is -2.02. The molecule has 4 nitrogen and oxygen atoms in total. The summed E-state index contributed by atoms with van der Waals surface area (Å²) in [5, 5.41) is 0. The molecule has 0 aliphatic carbocycles. The maximum absolute atomic E-state index is 10.2. The molecule has 0 radical (unpaired) electrons. The van der Waals surface area contributed by atoms with Gasteiger partial charge in [-0.05, 0) is 6.92 Å². The van der Waals surface area contributed by atoms with Crippen molar-refractivity contribution < 1.29 is 8.76 Å². The van der Waals surface area contributed by atoms with E-state index in [1.165, 1.54) is 12.4 Å². The van der Waals surface area contributed by atoms with Gasteiger partial charge in [0.2, 0.25) is 0 Å². The first-order valence-electron chi connectivity index (χ1n) is 2.31. The molecular weight excluding hydrogens is 140 g/mol. The summed E-state index contributed by atoms with van der Waals surface area (Å²) in [6.45, 7) is 1.62. The highest BCUT2D eigenvalue weighted by molar-refractivity contribution is 7.77. The second-order valence-corrected chi connectivity index (χ2v) is 2.34. The number of rotatable bonds is 1. The monoisotopic (exact) mass is 145 g/mol. The Morgan fingerprint density at radius 3 is 2.78 bits per heavy atom. The highest BCUT2D eigenvalue weighted by atomic mass is 32.2. The van der Waals surface area contributed by atoms with Gasteiger partial charge in [-0.15, -0.1) is 0 Å². The Kier molecular flexibility index (Phi) is 1.63. The van der Waals surface area contributed by atoms with Gasteiger partial charge in [0.15, 0.2) is 0 Å². The van der Waals surface area contributed by atoms with Crippen molar-refractivity contribution in [1.82, 2.24) is 8.96 Å². The Balaban J connectivity index is 3.08. The SMILES string of the molecule is Cc1nccn1S(=O)[O-]. The lowest BCUT2D eigenvalue weighted by atomic mass is 10.8. The van der Waals surface area contributed by atoms with Crippen LogP contribution in [-0.2, 0) is 11.3 Å². The number of nitrogens with zero attached hydrogens (tertiary/aromatic N) is 2. The van der Waals surface area contributed by atoms with Gasteiger partial charge in [-0.3, -0.25) is 8.18 Å². The first-order valence-corrected chi connectivity index (χ1v) is 3.34. The molecule has 1 aromatic rings. The van der Waals surface area contributed by atoms with Crippen molar-refractivity contribution in [3.8, 4) is 0 Å². The van der Waals surface area contributed by atoms with Gasteiger partial charge < -0.3 is 4.55 Å². The molecule has 0 aromatic carbocycles. The van der Waals surface area contributed by atoms with Gasteiger partial charge in [-0.25, -0.2) is 4.98 Å². The molecule has 0 saturated heterocycles. The molecular formula is C4H5N2O2S-. The minimum absolute atomic E-state index is 0.475. The fourth-order valence-corrected chi connectivity index (χ4v) is 0.941. The zero-order chi connectivity index (χ0) is 6.85. The van der Waals surface area contributed by atoms with Crippen LogP contribution in [0.5, 0.6) is 0 Å². The van der Waals surface area contributed by atoms with Crippen LogP contribution in [0, 0.1) is 6.92 Å². The van der Waals surface area contributed by atoms with E-state index in [-0.39, 0.29) is 0 Å². The Morgan fingerprint density at radius 1 is 1.89 bits per heavy atom. The standard InChI is InChI=1S/C4H6N2O2S/c1-4-5-2-3-6(4)9(7)8/h2-3H,1H3,(H,7,8)/p-1. The van der Waals surface area contributed by atoms with Crippen molar-refractivity contribution in [3.63, 3.8) is 0 Å². The first-order chi connectivity index (χ1) is 4.22. The van der Waals surface area contributed by atoms with Crippen LogP contribution in [0.2, 0.25) is 0 Å². The van der Waals surface area contributed by atoms with E-state index >= 15 is 0 Å². The van der Waals surface area contributed by atoms with Gasteiger partial charge >= 0.3 is 0 Å². The molecule has 1 aromatic heterocycles. The average molecular weight is 145 g/mol. The van der Waals surface area contributed by atoms with Crippen LogP contribution in [0.1, 0.15) is 5.82 Å². The smallest absolute Gasteiger partial charge is 0.116 e. The summed E-state index contributed by atoms with van der Waals surface area (Å²) in [5.74, 6) is 0.475. The molecule has 0 aliphatic rings. The van der Waals surface area contributed by atoms with Crippen LogP contribution in [-0.4, -0.2) is 17.7 Å². The van der Waals surface area contributed by atoms with Crippen molar-refractivity contribution in [2.75, 3.05) is 0 Å². The highest BCUT2D eigenvalue weighted by Crippen LogP contribution is 1.93. The largest absolute Gasteiger partial charge is 0.755 e. The van der Waals surface area contributed by atoms with Crippen molar-refractivity contribution in [2.24, 2.45) is 0 Å². The third-order valence-electron chi connectivity index (χ3n) is 0.943. The zero-order valence-electron chi connectivity index (χ0n) is 4.77. The van der Waals surface area contributed by atoms with Crippen LogP contribution in [0.3, 0.4) is 0 Å². The minimum atomic E-state index is -2.21. The molecule has 9 heavy (non-hydrogen) atoms. The molecule has 0 saturated carbocycles. The molecule has 5 heteroatoms. The van der Waals surface area contributed by atoms with E-state index in [9.17, 15) is 8.76 Å². The summed E-state index contributed by atoms with van der Waals surface area (Å²) in [5.41, 5.74) is 0. The number of aryl methyl sites for hydroxylation is 1. The Hall–Kier alpha value is -0.680. The van der Waals surface area contributed by atoms with E-state index in [2.05, 4.69) is 4.98 Å². The van der Waals surface area contributed by atoms with Crippen LogP contribution in [0.4, 0.5) is 0 Å². The fourth-order valence-electron chi connectivity index (χ4n) is 0.524. The summed E-state index contributed by atoms with van der Waals surface area (Å²) in [7, 11) is 0. The van der Waals surface area contributed by atoms with E-state index in [4.69, 9.17) is 0 Å². The van der Waals surface area contributed by atoms with Gasteiger partial charge in [0.05, 0.1) is 11.3 Å². The van der Waals surface area contributed by atoms with Crippen LogP contribution < -0.4 is 0 Å². The average Bonchev–Trinajstić information content (AvgIpc) is 2.13. The molecule has 1 heterocycles. The molecule has 0 spiro atoms. The van der Waals surface area contributed by atoms with Crippen molar-refractivity contribution >= 4 is 11.3 Å². The molecule has 0 aliphatic heterocycles. The predicted octanol–water partition coefficient (Wildman–Crippen LogP) is -0.166. The number of hydrogen-bond donors (Lipinski definition) is 0. The topological polar surface area (TPSA) is 58.0 Å². The van der Waals surface area contributed by atoms with Gasteiger partial charge in [0.1, 0.15) is 5.82 Å². The molecule has 1 rings (SSSR count). The molecule has 0 bridgehead atoms. The highest BCUT2D eigenvalue weighted by Gasteiger charge is 1.92. The van der Waals surface area contributed by atoms with Crippen molar-refractivity contribution in [1.29, 1.82) is 0 Å². The lowest BCUT2D eigenvalue weighted by molar-refractivity contribution is 0.526. The normalized spacial score (nSPS) is 13.6. The number of aromatic nitrogens is 2. The molecule has 50 valence electrons. The predicted molar refractivity (Wildman–Crippen MR) is 31.3 cm³/mol. The van der Waals surface area contributed by atoms with E-state index in [0.29, 0.717) is 5.82 Å². The van der Waals surface area contributed by atoms with Gasteiger partial charge in [-0.2, -0.15) is 0 Å². The minimum Gasteiger partial charge on any atom is -0.755 e. The first kappa shape index (κ1) is 6.44. The van der Waals surface area contributed by atoms with Gasteiger partial charge in [0, 0.05) is 12.4 Å². The molecule has 0 amide bonds. The van der Waals surface area contributed by atoms with Crippen LogP contribution in [0.25, 0.3) is 0 Å². The summed E-state index contributed by atoms with van der Waals surface area (Å²) in [6, 6.07) is 0. The van der Waals surface area contributed by atoms with E-state index < -0.39 is 11.3 Å². The Labute approximate surface area is 54.9 Å². The van der Waals surface area contributed by atoms with Crippen molar-refractivity contribution in [2.45, 2.75) is 6.92 Å². The van der Waals surface area contributed by atoms with Gasteiger partial charge in [-0.1, -0.05) is 0 Å². The second-order valence-electron chi connectivity index (χ2n) is 1.52. The third-order valence-corrected chi connectivity index (χ3v) is 1.65. The third kappa shape index (κ3) is 1.17. The molecule has 0 fully saturated rings. The van der Waals surface area contributed by atoms with Gasteiger partial charge in [0.25, 0.3) is 0 Å². The van der Waals surface area contributed by atoms with Crippen LogP contribution in [0.15, 0.2) is 12.4 Å².